The summed E-state index contributed by atoms with van der Waals surface area (Å²) in [6.45, 7) is 2.32. The van der Waals surface area contributed by atoms with Crippen LogP contribution in [0.5, 0.6) is 0 Å². The number of hydrogen-bond acceptors (Lipinski definition) is 2. The maximum Gasteiger partial charge on any atom is -0.000823 e. The summed E-state index contributed by atoms with van der Waals surface area (Å²) in [6, 6.07) is 10.7. The van der Waals surface area contributed by atoms with E-state index in [1.165, 1.54) is 30.0 Å². The van der Waals surface area contributed by atoms with Crippen molar-refractivity contribution in [1.29, 1.82) is 0 Å². The van der Waals surface area contributed by atoms with Gasteiger partial charge in [0.15, 0.2) is 0 Å². The summed E-state index contributed by atoms with van der Waals surface area (Å²) in [6.07, 6.45) is 2.56. The van der Waals surface area contributed by atoms with E-state index in [2.05, 4.69) is 47.4 Å². The van der Waals surface area contributed by atoms with Crippen molar-refractivity contribution in [2.24, 2.45) is 5.92 Å². The molecule has 1 aromatic rings. The summed E-state index contributed by atoms with van der Waals surface area (Å²) in [5.74, 6) is 3.65. The largest absolute Gasteiger partial charge is 0.316 e. The van der Waals surface area contributed by atoms with Gasteiger partial charge in [0.25, 0.3) is 0 Å². The molecule has 15 heavy (non-hydrogen) atoms. The molecule has 1 atom stereocenters. The Hall–Kier alpha value is -0.470. The molecule has 2 rings (SSSR count). The van der Waals surface area contributed by atoms with Crippen LogP contribution in [0.3, 0.4) is 0 Å². The molecule has 0 saturated carbocycles. The highest BCUT2D eigenvalue weighted by atomic mass is 32.2. The van der Waals surface area contributed by atoms with Crippen molar-refractivity contribution in [3.63, 3.8) is 0 Å². The second-order valence-corrected chi connectivity index (χ2v) is 5.32. The molecule has 0 radical (unpaired) electrons. The van der Waals surface area contributed by atoms with Crippen molar-refractivity contribution >= 4 is 11.8 Å². The fraction of sp³-hybridized carbons (Fsp3) is 0.538. The van der Waals surface area contributed by atoms with E-state index in [1.54, 1.807) is 0 Å². The zero-order chi connectivity index (χ0) is 10.3. The van der Waals surface area contributed by atoms with Crippen molar-refractivity contribution < 1.29 is 0 Å². The van der Waals surface area contributed by atoms with Crippen LogP contribution in [0.4, 0.5) is 0 Å². The van der Waals surface area contributed by atoms with Gasteiger partial charge >= 0.3 is 0 Å². The summed E-state index contributed by atoms with van der Waals surface area (Å²) in [4.78, 5) is 0. The van der Waals surface area contributed by atoms with Gasteiger partial charge in [-0.25, -0.2) is 0 Å². The van der Waals surface area contributed by atoms with Crippen molar-refractivity contribution in [3.05, 3.63) is 35.9 Å². The van der Waals surface area contributed by atoms with E-state index in [0.717, 1.165) is 18.9 Å². The minimum atomic E-state index is 0.922. The van der Waals surface area contributed by atoms with Crippen molar-refractivity contribution in [3.8, 4) is 0 Å². The molecule has 1 aliphatic rings. The lowest BCUT2D eigenvalue weighted by Gasteiger charge is -2.09. The van der Waals surface area contributed by atoms with Gasteiger partial charge in [-0.3, -0.25) is 0 Å². The highest BCUT2D eigenvalue weighted by Gasteiger charge is 2.14. The van der Waals surface area contributed by atoms with Crippen LogP contribution in [0.1, 0.15) is 12.0 Å². The maximum atomic E-state index is 3.56. The lowest BCUT2D eigenvalue weighted by Crippen LogP contribution is -2.24. The summed E-state index contributed by atoms with van der Waals surface area (Å²) < 4.78 is 0. The molecule has 82 valence electrons. The van der Waals surface area contributed by atoms with Gasteiger partial charge < -0.3 is 5.32 Å². The molecule has 1 aromatic carbocycles. The molecule has 1 N–H and O–H groups in total. The van der Waals surface area contributed by atoms with Crippen LogP contribution in [0.2, 0.25) is 0 Å². The molecular formula is C13H19NS. The minimum Gasteiger partial charge on any atom is -0.316 e. The molecule has 1 unspecified atom stereocenters. The summed E-state index contributed by atoms with van der Waals surface area (Å²) >= 11 is 2.10. The number of benzene rings is 1. The Morgan fingerprint density at radius 3 is 2.87 bits per heavy atom. The third-order valence-corrected chi connectivity index (χ3v) is 4.12. The van der Waals surface area contributed by atoms with Gasteiger partial charge in [0.2, 0.25) is 0 Å². The van der Waals surface area contributed by atoms with E-state index in [9.17, 15) is 0 Å². The lowest BCUT2D eigenvalue weighted by atomic mass is 10.1. The van der Waals surface area contributed by atoms with Crippen molar-refractivity contribution in [1.82, 2.24) is 5.32 Å². The van der Waals surface area contributed by atoms with Crippen LogP contribution in [0.25, 0.3) is 0 Å². The Bertz CT molecular complexity index is 267. The van der Waals surface area contributed by atoms with E-state index in [0.29, 0.717) is 0 Å². The summed E-state index contributed by atoms with van der Waals surface area (Å²) in [5.41, 5.74) is 1.44. The number of thioether (sulfide) groups is 1. The molecule has 0 spiro atoms. The lowest BCUT2D eigenvalue weighted by molar-refractivity contribution is 0.525. The standard InChI is InChI=1S/C13H19NS/c1-2-4-12(5-3-1)6-8-14-10-13-7-9-15-11-13/h1-5,13-14H,6-11H2. The van der Waals surface area contributed by atoms with Crippen LogP contribution in [0, 0.1) is 5.92 Å². The fourth-order valence-corrected chi connectivity index (χ4v) is 3.21. The molecule has 1 nitrogen and oxygen atoms in total. The molecule has 0 aliphatic carbocycles. The number of hydrogen-bond donors (Lipinski definition) is 1. The van der Waals surface area contributed by atoms with Gasteiger partial charge in [0.05, 0.1) is 0 Å². The minimum absolute atomic E-state index is 0.922. The zero-order valence-corrected chi connectivity index (χ0v) is 9.93. The highest BCUT2D eigenvalue weighted by molar-refractivity contribution is 7.99. The average Bonchev–Trinajstić information content (AvgIpc) is 2.79. The molecule has 1 fully saturated rings. The quantitative estimate of drug-likeness (QED) is 0.767. The Morgan fingerprint density at radius 2 is 2.13 bits per heavy atom. The molecule has 1 aliphatic heterocycles. The van der Waals surface area contributed by atoms with Crippen LogP contribution >= 0.6 is 11.8 Å². The summed E-state index contributed by atoms with van der Waals surface area (Å²) in [5, 5.41) is 3.56. The van der Waals surface area contributed by atoms with Crippen LogP contribution in [-0.4, -0.2) is 24.6 Å². The average molecular weight is 221 g/mol. The molecule has 0 bridgehead atoms. The number of nitrogens with one attached hydrogen (secondary N) is 1. The van der Waals surface area contributed by atoms with E-state index >= 15 is 0 Å². The van der Waals surface area contributed by atoms with E-state index in [-0.39, 0.29) is 0 Å². The first-order chi connectivity index (χ1) is 7.45. The third-order valence-electron chi connectivity index (χ3n) is 2.89. The predicted molar refractivity (Wildman–Crippen MR) is 68.4 cm³/mol. The molecule has 1 saturated heterocycles. The van der Waals surface area contributed by atoms with Crippen molar-refractivity contribution in [2.75, 3.05) is 24.6 Å². The second kappa shape index (κ2) is 6.19. The zero-order valence-electron chi connectivity index (χ0n) is 9.11. The van der Waals surface area contributed by atoms with Gasteiger partial charge in [-0.15, -0.1) is 0 Å². The first-order valence-electron chi connectivity index (χ1n) is 5.77. The molecular weight excluding hydrogens is 202 g/mol. The SMILES string of the molecule is c1ccc(CCNCC2CCSC2)cc1. The van der Waals surface area contributed by atoms with Gasteiger partial charge in [0, 0.05) is 0 Å². The Kier molecular flexibility index (Phi) is 4.55. The molecule has 2 heteroatoms. The normalized spacial score (nSPS) is 20.7. The van der Waals surface area contributed by atoms with Crippen molar-refractivity contribution in [2.45, 2.75) is 12.8 Å². The monoisotopic (exact) mass is 221 g/mol. The number of rotatable bonds is 5. The Balaban J connectivity index is 1.59. The Labute approximate surface area is 96.7 Å². The first kappa shape index (κ1) is 11.0. The summed E-state index contributed by atoms with van der Waals surface area (Å²) in [7, 11) is 0. The smallest absolute Gasteiger partial charge is 0.000823 e. The molecule has 0 aromatic heterocycles. The second-order valence-electron chi connectivity index (χ2n) is 4.17. The first-order valence-corrected chi connectivity index (χ1v) is 6.93. The van der Waals surface area contributed by atoms with Crippen LogP contribution in [-0.2, 0) is 6.42 Å². The highest BCUT2D eigenvalue weighted by Crippen LogP contribution is 2.22. The van der Waals surface area contributed by atoms with Gasteiger partial charge in [-0.2, -0.15) is 11.8 Å². The van der Waals surface area contributed by atoms with Gasteiger partial charge in [-0.1, -0.05) is 30.3 Å². The maximum absolute atomic E-state index is 3.56. The van der Waals surface area contributed by atoms with Gasteiger partial charge in [-0.05, 0) is 48.9 Å². The predicted octanol–water partition coefficient (Wildman–Crippen LogP) is 2.57. The van der Waals surface area contributed by atoms with Crippen LogP contribution in [0.15, 0.2) is 30.3 Å². The molecule has 1 heterocycles. The van der Waals surface area contributed by atoms with Gasteiger partial charge in [0.1, 0.15) is 0 Å². The third kappa shape index (κ3) is 3.88. The topological polar surface area (TPSA) is 12.0 Å². The molecule has 0 amide bonds. The van der Waals surface area contributed by atoms with E-state index < -0.39 is 0 Å². The van der Waals surface area contributed by atoms with E-state index in [4.69, 9.17) is 0 Å². The van der Waals surface area contributed by atoms with E-state index in [1.807, 2.05) is 0 Å². The Morgan fingerprint density at radius 1 is 1.27 bits per heavy atom. The fourth-order valence-electron chi connectivity index (χ4n) is 1.93. The van der Waals surface area contributed by atoms with Crippen LogP contribution < -0.4 is 5.32 Å².